The van der Waals surface area contributed by atoms with Crippen molar-refractivity contribution in [2.45, 2.75) is 25.7 Å². The summed E-state index contributed by atoms with van der Waals surface area (Å²) in [5.41, 5.74) is 6.24. The second-order valence-corrected chi connectivity index (χ2v) is 5.01. The van der Waals surface area contributed by atoms with E-state index in [4.69, 9.17) is 17.3 Å². The highest BCUT2D eigenvalue weighted by molar-refractivity contribution is 6.33. The number of pyridine rings is 1. The lowest BCUT2D eigenvalue weighted by molar-refractivity contribution is 0.545. The van der Waals surface area contributed by atoms with E-state index in [-0.39, 0.29) is 0 Å². The van der Waals surface area contributed by atoms with E-state index in [1.165, 1.54) is 25.7 Å². The highest BCUT2D eigenvalue weighted by Gasteiger charge is 2.18. The smallest absolute Gasteiger partial charge is 0.147 e. The lowest BCUT2D eigenvalue weighted by atomic mass is 10.1. The van der Waals surface area contributed by atoms with Crippen molar-refractivity contribution in [3.63, 3.8) is 0 Å². The van der Waals surface area contributed by atoms with Crippen molar-refractivity contribution in [2.75, 3.05) is 24.2 Å². The van der Waals surface area contributed by atoms with Crippen molar-refractivity contribution < 1.29 is 0 Å². The molecule has 1 aliphatic rings. The number of nitrogens with two attached hydrogens (primary N) is 1. The highest BCUT2D eigenvalue weighted by atomic mass is 35.5. The van der Waals surface area contributed by atoms with Crippen LogP contribution < -0.4 is 10.6 Å². The number of hydrogen-bond acceptors (Lipinski definition) is 3. The van der Waals surface area contributed by atoms with Crippen molar-refractivity contribution in [2.24, 2.45) is 5.92 Å². The number of nitrogen functional groups attached to an aromatic ring is 1. The van der Waals surface area contributed by atoms with Crippen LogP contribution in [0.1, 0.15) is 25.7 Å². The summed E-state index contributed by atoms with van der Waals surface area (Å²) in [4.78, 5) is 6.43. The summed E-state index contributed by atoms with van der Waals surface area (Å²) in [6, 6.07) is 1.76. The standard InChI is InChI=1S/C12H18ClN3/c1-16(8-9-4-2-3-5-9)12-11(13)6-10(14)7-15-12/h6-7,9H,2-5,8,14H2,1H3. The van der Waals surface area contributed by atoms with Crippen LogP contribution in [-0.4, -0.2) is 18.6 Å². The van der Waals surface area contributed by atoms with Crippen molar-refractivity contribution in [3.05, 3.63) is 17.3 Å². The zero-order valence-corrected chi connectivity index (χ0v) is 10.4. The largest absolute Gasteiger partial charge is 0.397 e. The Hall–Kier alpha value is -0.960. The molecule has 0 atom stereocenters. The van der Waals surface area contributed by atoms with E-state index in [0.29, 0.717) is 10.7 Å². The molecule has 1 aromatic rings. The van der Waals surface area contributed by atoms with E-state index in [1.54, 1.807) is 12.3 Å². The molecule has 0 aromatic carbocycles. The van der Waals surface area contributed by atoms with Gasteiger partial charge in [0.1, 0.15) is 5.82 Å². The summed E-state index contributed by atoms with van der Waals surface area (Å²) in [6.45, 7) is 1.04. The summed E-state index contributed by atoms with van der Waals surface area (Å²) in [7, 11) is 2.04. The first-order chi connectivity index (χ1) is 7.66. The average molecular weight is 240 g/mol. The minimum absolute atomic E-state index is 0.614. The van der Waals surface area contributed by atoms with Gasteiger partial charge < -0.3 is 10.6 Å². The Labute approximate surface area is 102 Å². The molecule has 16 heavy (non-hydrogen) atoms. The molecule has 0 unspecified atom stereocenters. The van der Waals surface area contributed by atoms with Gasteiger partial charge in [-0.15, -0.1) is 0 Å². The first-order valence-electron chi connectivity index (χ1n) is 5.79. The third-order valence-electron chi connectivity index (χ3n) is 3.21. The van der Waals surface area contributed by atoms with Crippen LogP contribution in [0.5, 0.6) is 0 Å². The van der Waals surface area contributed by atoms with Crippen LogP contribution in [0, 0.1) is 5.92 Å². The molecule has 0 radical (unpaired) electrons. The van der Waals surface area contributed by atoms with E-state index >= 15 is 0 Å². The minimum Gasteiger partial charge on any atom is -0.397 e. The van der Waals surface area contributed by atoms with Crippen molar-refractivity contribution >= 4 is 23.1 Å². The Bertz CT molecular complexity index is 361. The zero-order valence-electron chi connectivity index (χ0n) is 9.62. The predicted molar refractivity (Wildman–Crippen MR) is 68.9 cm³/mol. The van der Waals surface area contributed by atoms with Gasteiger partial charge in [0, 0.05) is 13.6 Å². The fourth-order valence-corrected chi connectivity index (χ4v) is 2.71. The van der Waals surface area contributed by atoms with Gasteiger partial charge in [-0.1, -0.05) is 24.4 Å². The molecule has 0 aliphatic heterocycles. The van der Waals surface area contributed by atoms with Crippen molar-refractivity contribution in [1.29, 1.82) is 0 Å². The maximum absolute atomic E-state index is 6.13. The third-order valence-corrected chi connectivity index (χ3v) is 3.49. The number of rotatable bonds is 3. The molecule has 0 saturated heterocycles. The molecule has 3 nitrogen and oxygen atoms in total. The predicted octanol–water partition coefficient (Wildman–Crippen LogP) is 2.94. The second-order valence-electron chi connectivity index (χ2n) is 4.61. The average Bonchev–Trinajstić information content (AvgIpc) is 2.70. The number of aromatic nitrogens is 1. The first-order valence-corrected chi connectivity index (χ1v) is 6.17. The van der Waals surface area contributed by atoms with Crippen molar-refractivity contribution in [3.8, 4) is 0 Å². The third kappa shape index (κ3) is 2.59. The molecule has 1 saturated carbocycles. The Balaban J connectivity index is 2.04. The van der Waals surface area contributed by atoms with E-state index in [2.05, 4.69) is 9.88 Å². The monoisotopic (exact) mass is 239 g/mol. The summed E-state index contributed by atoms with van der Waals surface area (Å²) in [6.07, 6.45) is 7.04. The molecule has 1 fully saturated rings. The SMILES string of the molecule is CN(CC1CCCC1)c1ncc(N)cc1Cl. The van der Waals surface area contributed by atoms with Gasteiger partial charge >= 0.3 is 0 Å². The van der Waals surface area contributed by atoms with Gasteiger partial charge in [-0.05, 0) is 24.8 Å². The Morgan fingerprint density at radius 2 is 2.19 bits per heavy atom. The van der Waals surface area contributed by atoms with Crippen LogP contribution in [0.3, 0.4) is 0 Å². The molecule has 2 rings (SSSR count). The van der Waals surface area contributed by atoms with Crippen LogP contribution in [0.2, 0.25) is 5.02 Å². The molecule has 0 spiro atoms. The van der Waals surface area contributed by atoms with E-state index < -0.39 is 0 Å². The molecule has 4 heteroatoms. The van der Waals surface area contributed by atoms with Gasteiger partial charge in [0.15, 0.2) is 0 Å². The number of halogens is 1. The Morgan fingerprint density at radius 3 is 2.81 bits per heavy atom. The van der Waals surface area contributed by atoms with Gasteiger partial charge in [-0.2, -0.15) is 0 Å². The molecule has 2 N–H and O–H groups in total. The Morgan fingerprint density at radius 1 is 1.50 bits per heavy atom. The topological polar surface area (TPSA) is 42.2 Å². The second kappa shape index (κ2) is 4.91. The minimum atomic E-state index is 0.614. The fourth-order valence-electron chi connectivity index (χ4n) is 2.39. The van der Waals surface area contributed by atoms with Crippen LogP contribution in [0.15, 0.2) is 12.3 Å². The molecule has 1 heterocycles. The number of hydrogen-bond donors (Lipinski definition) is 1. The van der Waals surface area contributed by atoms with Gasteiger partial charge in [0.2, 0.25) is 0 Å². The molecular weight excluding hydrogens is 222 g/mol. The maximum Gasteiger partial charge on any atom is 0.147 e. The van der Waals surface area contributed by atoms with Crippen molar-refractivity contribution in [1.82, 2.24) is 4.98 Å². The molecular formula is C12H18ClN3. The lowest BCUT2D eigenvalue weighted by Crippen LogP contribution is -2.25. The zero-order chi connectivity index (χ0) is 11.5. The molecule has 1 aromatic heterocycles. The number of anilines is 2. The summed E-state index contributed by atoms with van der Waals surface area (Å²) in [5, 5.41) is 0.639. The molecule has 0 bridgehead atoms. The van der Waals surface area contributed by atoms with Crippen LogP contribution >= 0.6 is 11.6 Å². The van der Waals surface area contributed by atoms with E-state index in [0.717, 1.165) is 18.3 Å². The van der Waals surface area contributed by atoms with E-state index in [9.17, 15) is 0 Å². The highest BCUT2D eigenvalue weighted by Crippen LogP contribution is 2.29. The maximum atomic E-state index is 6.13. The van der Waals surface area contributed by atoms with Crippen LogP contribution in [0.4, 0.5) is 11.5 Å². The molecule has 88 valence electrons. The lowest BCUT2D eigenvalue weighted by Gasteiger charge is -2.22. The number of nitrogens with zero attached hydrogens (tertiary/aromatic N) is 2. The van der Waals surface area contributed by atoms with Crippen LogP contribution in [0.25, 0.3) is 0 Å². The van der Waals surface area contributed by atoms with Crippen LogP contribution in [-0.2, 0) is 0 Å². The summed E-state index contributed by atoms with van der Waals surface area (Å²) >= 11 is 6.13. The normalized spacial score (nSPS) is 16.6. The summed E-state index contributed by atoms with van der Waals surface area (Å²) < 4.78 is 0. The van der Waals surface area contributed by atoms with E-state index in [1.807, 2.05) is 7.05 Å². The van der Waals surface area contributed by atoms with Gasteiger partial charge in [-0.3, -0.25) is 0 Å². The fraction of sp³-hybridized carbons (Fsp3) is 0.583. The molecule has 0 amide bonds. The quantitative estimate of drug-likeness (QED) is 0.882. The van der Waals surface area contributed by atoms with Gasteiger partial charge in [0.25, 0.3) is 0 Å². The van der Waals surface area contributed by atoms with Gasteiger partial charge in [-0.25, -0.2) is 4.98 Å². The first kappa shape index (κ1) is 11.5. The Kier molecular flexibility index (Phi) is 3.54. The molecule has 1 aliphatic carbocycles. The van der Waals surface area contributed by atoms with Gasteiger partial charge in [0.05, 0.1) is 16.9 Å². The summed E-state index contributed by atoms with van der Waals surface area (Å²) in [5.74, 6) is 1.63.